The third-order valence-corrected chi connectivity index (χ3v) is 3.01. The molecule has 0 spiro atoms. The summed E-state index contributed by atoms with van der Waals surface area (Å²) >= 11 is 0. The molecule has 0 aromatic heterocycles. The summed E-state index contributed by atoms with van der Waals surface area (Å²) < 4.78 is 12.8. The van der Waals surface area contributed by atoms with E-state index >= 15 is 0 Å². The molecule has 2 aromatic carbocycles. The van der Waals surface area contributed by atoms with Crippen LogP contribution in [0.25, 0.3) is 6.08 Å². The highest BCUT2D eigenvalue weighted by atomic mass is 19.1. The summed E-state index contributed by atoms with van der Waals surface area (Å²) in [5.41, 5.74) is 1.55. The summed E-state index contributed by atoms with van der Waals surface area (Å²) in [6.07, 6.45) is 1.43. The maximum atomic E-state index is 12.8. The van der Waals surface area contributed by atoms with E-state index in [9.17, 15) is 14.0 Å². The lowest BCUT2D eigenvalue weighted by Crippen LogP contribution is -2.13. The maximum Gasteiger partial charge on any atom is 0.266 e. The highest BCUT2D eigenvalue weighted by Gasteiger charge is 2.09. The predicted molar refractivity (Wildman–Crippen MR) is 89.4 cm³/mol. The summed E-state index contributed by atoms with van der Waals surface area (Å²) in [5.74, 6) is -1.19. The van der Waals surface area contributed by atoms with Gasteiger partial charge >= 0.3 is 0 Å². The highest BCUT2D eigenvalue weighted by Crippen LogP contribution is 2.14. The van der Waals surface area contributed by atoms with Gasteiger partial charge in [0.05, 0.1) is 0 Å². The van der Waals surface area contributed by atoms with Crippen molar-refractivity contribution >= 4 is 29.3 Å². The first kappa shape index (κ1) is 16.9. The lowest BCUT2D eigenvalue weighted by molar-refractivity contribution is -0.114. The molecule has 2 aromatic rings. The first-order chi connectivity index (χ1) is 11.5. The van der Waals surface area contributed by atoms with Crippen LogP contribution in [0, 0.1) is 17.1 Å². The number of benzene rings is 2. The molecule has 120 valence electrons. The van der Waals surface area contributed by atoms with Crippen LogP contribution in [-0.2, 0) is 9.59 Å². The Labute approximate surface area is 138 Å². The van der Waals surface area contributed by atoms with Crippen molar-refractivity contribution in [2.75, 3.05) is 10.6 Å². The number of rotatable bonds is 4. The summed E-state index contributed by atoms with van der Waals surface area (Å²) in [5, 5.41) is 14.3. The third kappa shape index (κ3) is 4.78. The van der Waals surface area contributed by atoms with Crippen LogP contribution < -0.4 is 10.6 Å². The topological polar surface area (TPSA) is 82.0 Å². The Hall–Kier alpha value is -3.46. The zero-order chi connectivity index (χ0) is 17.5. The van der Waals surface area contributed by atoms with E-state index in [1.165, 1.54) is 37.3 Å². The number of hydrogen-bond donors (Lipinski definition) is 2. The highest BCUT2D eigenvalue weighted by molar-refractivity contribution is 6.09. The van der Waals surface area contributed by atoms with Crippen molar-refractivity contribution in [2.45, 2.75) is 6.92 Å². The number of halogens is 1. The van der Waals surface area contributed by atoms with E-state index in [2.05, 4.69) is 10.6 Å². The van der Waals surface area contributed by atoms with Crippen LogP contribution in [-0.4, -0.2) is 11.8 Å². The van der Waals surface area contributed by atoms with Crippen LogP contribution in [0.2, 0.25) is 0 Å². The lowest BCUT2D eigenvalue weighted by atomic mass is 10.1. The molecule has 0 aliphatic carbocycles. The van der Waals surface area contributed by atoms with Crippen molar-refractivity contribution in [1.29, 1.82) is 5.26 Å². The Morgan fingerprint density at radius 3 is 2.08 bits per heavy atom. The zero-order valence-corrected chi connectivity index (χ0v) is 12.8. The molecule has 2 N–H and O–H groups in total. The smallest absolute Gasteiger partial charge is 0.266 e. The van der Waals surface area contributed by atoms with Gasteiger partial charge < -0.3 is 10.6 Å². The molecule has 0 unspecified atom stereocenters. The van der Waals surface area contributed by atoms with Gasteiger partial charge in [0.1, 0.15) is 17.5 Å². The molecule has 0 aliphatic rings. The first-order valence-corrected chi connectivity index (χ1v) is 7.04. The molecule has 2 rings (SSSR count). The number of carbonyl (C=O) groups excluding carboxylic acids is 2. The standard InChI is InChI=1S/C18H14FN3O2/c1-12(23)21-16-6-2-13(3-7-16)10-14(11-20)18(24)22-17-8-4-15(19)5-9-17/h2-10H,1H3,(H,21,23)(H,22,24)/b14-10+. The largest absolute Gasteiger partial charge is 0.326 e. The average Bonchev–Trinajstić information content (AvgIpc) is 2.55. The van der Waals surface area contributed by atoms with Gasteiger partial charge in [-0.1, -0.05) is 12.1 Å². The van der Waals surface area contributed by atoms with E-state index in [1.807, 2.05) is 6.07 Å². The van der Waals surface area contributed by atoms with E-state index in [0.29, 0.717) is 16.9 Å². The fourth-order valence-electron chi connectivity index (χ4n) is 1.91. The van der Waals surface area contributed by atoms with Crippen LogP contribution in [0.4, 0.5) is 15.8 Å². The number of hydrogen-bond acceptors (Lipinski definition) is 3. The van der Waals surface area contributed by atoms with E-state index in [1.54, 1.807) is 24.3 Å². The number of amides is 2. The summed E-state index contributed by atoms with van der Waals surface area (Å²) in [4.78, 5) is 23.1. The fraction of sp³-hybridized carbons (Fsp3) is 0.0556. The van der Waals surface area contributed by atoms with Gasteiger partial charge in [-0.05, 0) is 48.0 Å². The van der Waals surface area contributed by atoms with Gasteiger partial charge in [-0.25, -0.2) is 4.39 Å². The molecule has 0 atom stereocenters. The monoisotopic (exact) mass is 323 g/mol. The number of carbonyl (C=O) groups is 2. The van der Waals surface area contributed by atoms with Gasteiger partial charge in [-0.15, -0.1) is 0 Å². The number of nitrogens with zero attached hydrogens (tertiary/aromatic N) is 1. The molecule has 0 fully saturated rings. The van der Waals surface area contributed by atoms with Crippen molar-refractivity contribution < 1.29 is 14.0 Å². The minimum atomic E-state index is -0.588. The predicted octanol–water partition coefficient (Wildman–Crippen LogP) is 3.33. The van der Waals surface area contributed by atoms with Gasteiger partial charge in [-0.3, -0.25) is 9.59 Å². The lowest BCUT2D eigenvalue weighted by Gasteiger charge is -2.05. The van der Waals surface area contributed by atoms with Crippen molar-refractivity contribution in [1.82, 2.24) is 0 Å². The van der Waals surface area contributed by atoms with Gasteiger partial charge in [0.15, 0.2) is 0 Å². The summed E-state index contributed by atoms with van der Waals surface area (Å²) in [6, 6.07) is 13.8. The van der Waals surface area contributed by atoms with E-state index in [-0.39, 0.29) is 11.5 Å². The van der Waals surface area contributed by atoms with Crippen LogP contribution in [0.5, 0.6) is 0 Å². The summed E-state index contributed by atoms with van der Waals surface area (Å²) in [7, 11) is 0. The molecule has 0 aliphatic heterocycles. The summed E-state index contributed by atoms with van der Waals surface area (Å²) in [6.45, 7) is 1.40. The number of anilines is 2. The molecule has 0 saturated carbocycles. The normalized spacial score (nSPS) is 10.6. The van der Waals surface area contributed by atoms with Gasteiger partial charge in [0, 0.05) is 18.3 Å². The second kappa shape index (κ2) is 7.70. The molecular weight excluding hydrogens is 309 g/mol. The Balaban J connectivity index is 2.13. The van der Waals surface area contributed by atoms with Crippen LogP contribution in [0.3, 0.4) is 0 Å². The first-order valence-electron chi connectivity index (χ1n) is 7.04. The Kier molecular flexibility index (Phi) is 5.42. The zero-order valence-electron chi connectivity index (χ0n) is 12.8. The Bertz CT molecular complexity index is 819. The Morgan fingerprint density at radius 1 is 1.00 bits per heavy atom. The molecule has 0 bridgehead atoms. The minimum absolute atomic E-state index is 0.0911. The number of nitrogens with one attached hydrogen (secondary N) is 2. The van der Waals surface area contributed by atoms with E-state index in [0.717, 1.165) is 0 Å². The molecule has 0 saturated heterocycles. The second-order valence-corrected chi connectivity index (χ2v) is 4.93. The van der Waals surface area contributed by atoms with E-state index in [4.69, 9.17) is 5.26 Å². The Morgan fingerprint density at radius 2 is 1.54 bits per heavy atom. The SMILES string of the molecule is CC(=O)Nc1ccc(/C=C(\C#N)C(=O)Nc2ccc(F)cc2)cc1. The molecule has 5 nitrogen and oxygen atoms in total. The van der Waals surface area contributed by atoms with Crippen molar-refractivity contribution in [3.63, 3.8) is 0 Å². The third-order valence-electron chi connectivity index (χ3n) is 3.01. The molecule has 0 radical (unpaired) electrons. The van der Waals surface area contributed by atoms with Gasteiger partial charge in [0.2, 0.25) is 5.91 Å². The van der Waals surface area contributed by atoms with Gasteiger partial charge in [0.25, 0.3) is 5.91 Å². The molecule has 2 amide bonds. The van der Waals surface area contributed by atoms with Crippen molar-refractivity contribution in [3.05, 3.63) is 65.5 Å². The quantitative estimate of drug-likeness (QED) is 0.669. The molecule has 24 heavy (non-hydrogen) atoms. The van der Waals surface area contributed by atoms with Crippen LogP contribution >= 0.6 is 0 Å². The number of nitriles is 1. The second-order valence-electron chi connectivity index (χ2n) is 4.93. The van der Waals surface area contributed by atoms with Gasteiger partial charge in [-0.2, -0.15) is 5.26 Å². The fourth-order valence-corrected chi connectivity index (χ4v) is 1.91. The molecular formula is C18H14FN3O2. The molecule has 6 heteroatoms. The van der Waals surface area contributed by atoms with Crippen LogP contribution in [0.1, 0.15) is 12.5 Å². The van der Waals surface area contributed by atoms with Crippen molar-refractivity contribution in [3.8, 4) is 6.07 Å². The van der Waals surface area contributed by atoms with E-state index < -0.39 is 11.7 Å². The van der Waals surface area contributed by atoms with Crippen molar-refractivity contribution in [2.24, 2.45) is 0 Å². The minimum Gasteiger partial charge on any atom is -0.326 e. The van der Waals surface area contributed by atoms with Crippen LogP contribution in [0.15, 0.2) is 54.1 Å². The average molecular weight is 323 g/mol. The maximum absolute atomic E-state index is 12.8. The molecule has 0 heterocycles.